The summed E-state index contributed by atoms with van der Waals surface area (Å²) < 4.78 is 0. The third kappa shape index (κ3) is 5.13. The molecular weight excluding hydrogens is 421 g/mol. The smallest absolute Gasteiger partial charge is 0.226 e. The van der Waals surface area contributed by atoms with Crippen molar-refractivity contribution in [3.63, 3.8) is 0 Å². The van der Waals surface area contributed by atoms with Crippen molar-refractivity contribution in [2.24, 2.45) is 11.8 Å². The van der Waals surface area contributed by atoms with Crippen LogP contribution in [0.3, 0.4) is 0 Å². The van der Waals surface area contributed by atoms with Crippen molar-refractivity contribution in [1.29, 1.82) is 0 Å². The Bertz CT molecular complexity index is 910. The third-order valence-corrected chi connectivity index (χ3v) is 6.57. The summed E-state index contributed by atoms with van der Waals surface area (Å²) in [4.78, 5) is 33.9. The molecule has 30 heavy (non-hydrogen) atoms. The summed E-state index contributed by atoms with van der Waals surface area (Å²) in [5.74, 6) is 0.514. The predicted molar refractivity (Wildman–Crippen MR) is 117 cm³/mol. The zero-order chi connectivity index (χ0) is 21.1. The molecule has 2 amide bonds. The van der Waals surface area contributed by atoms with Crippen molar-refractivity contribution in [3.8, 4) is 0 Å². The summed E-state index contributed by atoms with van der Waals surface area (Å²) in [6.45, 7) is 2.19. The van der Waals surface area contributed by atoms with Gasteiger partial charge in [0.25, 0.3) is 0 Å². The van der Waals surface area contributed by atoms with E-state index < -0.39 is 0 Å². The lowest BCUT2D eigenvalue weighted by atomic mass is 9.94. The van der Waals surface area contributed by atoms with E-state index in [1.54, 1.807) is 18.3 Å². The number of hydrogen-bond donors (Lipinski definition) is 0. The Kier molecular flexibility index (Phi) is 6.59. The van der Waals surface area contributed by atoms with Crippen LogP contribution in [0.15, 0.2) is 42.6 Å². The molecule has 0 unspecified atom stereocenters. The predicted octanol–water partition coefficient (Wildman–Crippen LogP) is 4.57. The molecular formula is C23H25Cl2N3O2. The maximum Gasteiger partial charge on any atom is 0.226 e. The van der Waals surface area contributed by atoms with E-state index in [0.29, 0.717) is 49.1 Å². The molecule has 1 aliphatic carbocycles. The average Bonchev–Trinajstić information content (AvgIpc) is 3.61. The second kappa shape index (κ2) is 9.36. The highest BCUT2D eigenvalue weighted by Gasteiger charge is 2.36. The Hall–Kier alpha value is -2.11. The fraction of sp³-hybridized carbons (Fsp3) is 0.435. The number of hydrogen-bond acceptors (Lipinski definition) is 3. The number of pyridine rings is 1. The maximum absolute atomic E-state index is 13.4. The normalized spacial score (nSPS) is 17.1. The molecule has 1 saturated heterocycles. The van der Waals surface area contributed by atoms with Crippen molar-refractivity contribution in [2.75, 3.05) is 13.1 Å². The van der Waals surface area contributed by atoms with Crippen LogP contribution < -0.4 is 0 Å². The van der Waals surface area contributed by atoms with Crippen LogP contribution in [0, 0.1) is 11.8 Å². The van der Waals surface area contributed by atoms with E-state index in [1.165, 1.54) is 0 Å². The number of halogens is 2. The van der Waals surface area contributed by atoms with Crippen LogP contribution in [0.4, 0.5) is 0 Å². The van der Waals surface area contributed by atoms with E-state index in [2.05, 4.69) is 4.98 Å². The molecule has 4 rings (SSSR count). The SMILES string of the molecule is O=C(C1CC1)N1CCC(C(=O)N(Cc2ccc(Cl)c(Cl)c2)Cc2ccccn2)CC1. The lowest BCUT2D eigenvalue weighted by Gasteiger charge is -2.34. The molecule has 0 atom stereocenters. The number of benzene rings is 1. The van der Waals surface area contributed by atoms with Gasteiger partial charge >= 0.3 is 0 Å². The molecule has 2 aromatic rings. The second-order valence-corrected chi connectivity index (χ2v) is 8.95. The summed E-state index contributed by atoms with van der Waals surface area (Å²) >= 11 is 12.2. The number of carbonyl (C=O) groups is 2. The second-order valence-electron chi connectivity index (χ2n) is 8.14. The highest BCUT2D eigenvalue weighted by Crippen LogP contribution is 2.33. The monoisotopic (exact) mass is 445 g/mol. The molecule has 1 aliphatic heterocycles. The molecule has 0 radical (unpaired) electrons. The summed E-state index contributed by atoms with van der Waals surface area (Å²) in [7, 11) is 0. The quantitative estimate of drug-likeness (QED) is 0.654. The number of aromatic nitrogens is 1. The first-order valence-electron chi connectivity index (χ1n) is 10.4. The molecule has 2 heterocycles. The van der Waals surface area contributed by atoms with Gasteiger partial charge in [0.1, 0.15) is 0 Å². The van der Waals surface area contributed by atoms with Crippen LogP contribution >= 0.6 is 23.2 Å². The average molecular weight is 446 g/mol. The van der Waals surface area contributed by atoms with E-state index in [0.717, 1.165) is 24.1 Å². The van der Waals surface area contributed by atoms with Crippen LogP contribution in [0.2, 0.25) is 10.0 Å². The molecule has 0 N–H and O–H groups in total. The Balaban J connectivity index is 1.46. The minimum absolute atomic E-state index is 0.0836. The largest absolute Gasteiger partial charge is 0.342 e. The zero-order valence-corrected chi connectivity index (χ0v) is 18.3. The molecule has 2 aliphatic rings. The van der Waals surface area contributed by atoms with E-state index in [9.17, 15) is 9.59 Å². The number of amides is 2. The van der Waals surface area contributed by atoms with Crippen molar-refractivity contribution in [2.45, 2.75) is 38.8 Å². The number of rotatable bonds is 6. The van der Waals surface area contributed by atoms with Gasteiger partial charge in [0.2, 0.25) is 11.8 Å². The molecule has 158 valence electrons. The molecule has 7 heteroatoms. The summed E-state index contributed by atoms with van der Waals surface area (Å²) in [5.41, 5.74) is 1.77. The van der Waals surface area contributed by atoms with Gasteiger partial charge in [0, 0.05) is 37.7 Å². The highest BCUT2D eigenvalue weighted by atomic mass is 35.5. The van der Waals surface area contributed by atoms with Crippen LogP contribution in [0.5, 0.6) is 0 Å². The highest BCUT2D eigenvalue weighted by molar-refractivity contribution is 6.42. The van der Waals surface area contributed by atoms with Gasteiger partial charge in [0.15, 0.2) is 0 Å². The molecule has 5 nitrogen and oxygen atoms in total. The fourth-order valence-electron chi connectivity index (χ4n) is 3.95. The first-order valence-corrected chi connectivity index (χ1v) is 11.2. The van der Waals surface area contributed by atoms with Gasteiger partial charge in [-0.25, -0.2) is 0 Å². The molecule has 1 aromatic heterocycles. The first-order chi connectivity index (χ1) is 14.5. The molecule has 0 bridgehead atoms. The number of likely N-dealkylation sites (tertiary alicyclic amines) is 1. The van der Waals surface area contributed by atoms with Crippen LogP contribution in [-0.2, 0) is 22.7 Å². The lowest BCUT2D eigenvalue weighted by Crippen LogP contribution is -2.44. The van der Waals surface area contributed by atoms with Crippen molar-refractivity contribution >= 4 is 35.0 Å². The van der Waals surface area contributed by atoms with E-state index in [1.807, 2.05) is 34.1 Å². The Morgan fingerprint density at radius 3 is 2.37 bits per heavy atom. The Morgan fingerprint density at radius 1 is 0.967 bits per heavy atom. The van der Waals surface area contributed by atoms with Crippen molar-refractivity contribution in [1.82, 2.24) is 14.8 Å². The standard InChI is InChI=1S/C23H25Cl2N3O2/c24-20-7-4-16(13-21(20)25)14-28(15-19-3-1-2-10-26-19)23(30)18-8-11-27(12-9-18)22(29)17-5-6-17/h1-4,7,10,13,17-18H,5-6,8-9,11-12,14-15H2. The first kappa shape index (κ1) is 21.1. The Labute approximate surface area is 187 Å². The van der Waals surface area contributed by atoms with Crippen molar-refractivity contribution in [3.05, 3.63) is 63.9 Å². The van der Waals surface area contributed by atoms with Gasteiger partial charge in [-0.1, -0.05) is 35.3 Å². The fourth-order valence-corrected chi connectivity index (χ4v) is 4.27. The molecule has 1 aromatic carbocycles. The number of carbonyl (C=O) groups excluding carboxylic acids is 2. The van der Waals surface area contributed by atoms with E-state index >= 15 is 0 Å². The number of piperidine rings is 1. The van der Waals surface area contributed by atoms with Gasteiger partial charge in [-0.2, -0.15) is 0 Å². The minimum Gasteiger partial charge on any atom is -0.342 e. The van der Waals surface area contributed by atoms with Crippen LogP contribution in [-0.4, -0.2) is 39.7 Å². The minimum atomic E-state index is -0.0836. The third-order valence-electron chi connectivity index (χ3n) is 5.83. The summed E-state index contributed by atoms with van der Waals surface area (Å²) in [6.07, 6.45) is 5.17. The molecule has 1 saturated carbocycles. The maximum atomic E-state index is 13.4. The topological polar surface area (TPSA) is 53.5 Å². The van der Waals surface area contributed by atoms with Crippen LogP contribution in [0.25, 0.3) is 0 Å². The van der Waals surface area contributed by atoms with Gasteiger partial charge in [0.05, 0.1) is 22.3 Å². The zero-order valence-electron chi connectivity index (χ0n) is 16.8. The van der Waals surface area contributed by atoms with E-state index in [-0.39, 0.29) is 23.7 Å². The summed E-state index contributed by atoms with van der Waals surface area (Å²) in [6, 6.07) is 11.2. The molecule has 2 fully saturated rings. The summed E-state index contributed by atoms with van der Waals surface area (Å²) in [5, 5.41) is 0.974. The lowest BCUT2D eigenvalue weighted by molar-refractivity contribution is -0.142. The van der Waals surface area contributed by atoms with Gasteiger partial charge in [-0.05, 0) is 55.5 Å². The Morgan fingerprint density at radius 2 is 1.73 bits per heavy atom. The van der Waals surface area contributed by atoms with Gasteiger partial charge in [-0.15, -0.1) is 0 Å². The van der Waals surface area contributed by atoms with Gasteiger partial charge < -0.3 is 9.80 Å². The van der Waals surface area contributed by atoms with Crippen LogP contribution in [0.1, 0.15) is 36.9 Å². The van der Waals surface area contributed by atoms with Crippen molar-refractivity contribution < 1.29 is 9.59 Å². The number of nitrogens with zero attached hydrogens (tertiary/aromatic N) is 3. The molecule has 0 spiro atoms. The van der Waals surface area contributed by atoms with E-state index in [4.69, 9.17) is 23.2 Å². The van der Waals surface area contributed by atoms with Gasteiger partial charge in [-0.3, -0.25) is 14.6 Å².